The second kappa shape index (κ2) is 6.67. The van der Waals surface area contributed by atoms with Gasteiger partial charge in [-0.1, -0.05) is 60.1 Å². The van der Waals surface area contributed by atoms with Crippen molar-refractivity contribution in [3.63, 3.8) is 0 Å². The molecule has 2 spiro atoms. The summed E-state index contributed by atoms with van der Waals surface area (Å²) < 4.78 is 19.4. The molecule has 1 aliphatic heterocycles. The molecule has 3 saturated carbocycles. The molecule has 10 atom stereocenters. The van der Waals surface area contributed by atoms with E-state index in [1.165, 1.54) is 5.57 Å². The minimum atomic E-state index is -2.16. The molecule has 1 N–H and O–H groups in total. The average Bonchev–Trinajstić information content (AvgIpc) is 2.95. The van der Waals surface area contributed by atoms with Crippen LogP contribution in [0.4, 0.5) is 4.79 Å². The fourth-order valence-electron chi connectivity index (χ4n) is 8.47. The van der Waals surface area contributed by atoms with Gasteiger partial charge in [-0.3, -0.25) is 0 Å². The quantitative estimate of drug-likeness (QED) is 0.304. The highest BCUT2D eigenvalue weighted by Crippen LogP contribution is 2.75. The van der Waals surface area contributed by atoms with Crippen molar-refractivity contribution < 1.29 is 23.8 Å². The van der Waals surface area contributed by atoms with E-state index in [1.807, 2.05) is 0 Å². The molecule has 0 radical (unpaired) electrons. The third-order valence-electron chi connectivity index (χ3n) is 11.2. The Morgan fingerprint density at radius 3 is 2.45 bits per heavy atom. The van der Waals surface area contributed by atoms with Crippen molar-refractivity contribution >= 4 is 14.5 Å². The van der Waals surface area contributed by atoms with Crippen molar-refractivity contribution in [1.29, 1.82) is 0 Å². The predicted octanol–water partition coefficient (Wildman–Crippen LogP) is 5.93. The lowest BCUT2D eigenvalue weighted by Gasteiger charge is -2.49. The van der Waals surface area contributed by atoms with Gasteiger partial charge >= 0.3 is 6.16 Å². The van der Waals surface area contributed by atoms with Crippen LogP contribution >= 0.6 is 0 Å². The zero-order valence-corrected chi connectivity index (χ0v) is 23.2. The minimum absolute atomic E-state index is 0.00833. The van der Waals surface area contributed by atoms with Gasteiger partial charge in [-0.05, 0) is 54.6 Å². The van der Waals surface area contributed by atoms with E-state index in [4.69, 9.17) is 13.9 Å². The van der Waals surface area contributed by atoms with Crippen molar-refractivity contribution in [2.75, 3.05) is 0 Å². The Bertz CT molecular complexity index is 903. The molecule has 5 nitrogen and oxygen atoms in total. The number of ether oxygens (including phenoxy) is 2. The van der Waals surface area contributed by atoms with Crippen molar-refractivity contribution in [2.45, 2.75) is 110 Å². The van der Waals surface area contributed by atoms with Crippen LogP contribution in [0.5, 0.6) is 0 Å². The number of aliphatic hydroxyl groups is 1. The standard InChI is InChI=1S/C27H44O5Si/c1-14-12-26-15(2)11-17-19(25(17,7)8)18(21(26)28)20(32-33(9,10)24(4,5)6)16(3)22-27(26,13-14)31-23(29)30-22/h12,15-22,28H,11,13H2,1-10H3/t15-,16+,17-,18-,19?,20?,21?,22?,26+,27-/m1/s1. The summed E-state index contributed by atoms with van der Waals surface area (Å²) in [5, 5.41) is 12.5. The number of hydrogen-bond acceptors (Lipinski definition) is 5. The first-order chi connectivity index (χ1) is 15.0. The van der Waals surface area contributed by atoms with Crippen LogP contribution in [0.1, 0.15) is 68.2 Å². The molecule has 1 heterocycles. The van der Waals surface area contributed by atoms with E-state index in [0.717, 1.165) is 6.42 Å². The van der Waals surface area contributed by atoms with Gasteiger partial charge in [-0.15, -0.1) is 0 Å². The first kappa shape index (κ1) is 23.9. The number of hydrogen-bond donors (Lipinski definition) is 1. The third kappa shape index (κ3) is 2.80. The predicted molar refractivity (Wildman–Crippen MR) is 130 cm³/mol. The minimum Gasteiger partial charge on any atom is -0.426 e. The Morgan fingerprint density at radius 2 is 1.85 bits per heavy atom. The zero-order valence-electron chi connectivity index (χ0n) is 22.2. The monoisotopic (exact) mass is 476 g/mol. The summed E-state index contributed by atoms with van der Waals surface area (Å²) in [6, 6.07) is 0. The normalized spacial score (nSPS) is 50.2. The molecular weight excluding hydrogens is 432 g/mol. The largest absolute Gasteiger partial charge is 0.509 e. The summed E-state index contributed by atoms with van der Waals surface area (Å²) in [6.07, 6.45) is 2.10. The van der Waals surface area contributed by atoms with Crippen LogP contribution in [0.2, 0.25) is 18.1 Å². The molecule has 5 rings (SSSR count). The van der Waals surface area contributed by atoms with Crippen LogP contribution in [-0.4, -0.2) is 43.5 Å². The van der Waals surface area contributed by atoms with Gasteiger partial charge in [0.05, 0.1) is 17.6 Å². The lowest BCUT2D eigenvalue weighted by molar-refractivity contribution is -0.142. The van der Waals surface area contributed by atoms with E-state index < -0.39 is 37.7 Å². The first-order valence-corrected chi connectivity index (χ1v) is 15.9. The topological polar surface area (TPSA) is 65.0 Å². The van der Waals surface area contributed by atoms with E-state index >= 15 is 0 Å². The fourth-order valence-corrected chi connectivity index (χ4v) is 9.88. The Hall–Kier alpha value is -0.853. The van der Waals surface area contributed by atoms with E-state index in [0.29, 0.717) is 18.3 Å². The molecule has 4 fully saturated rings. The molecule has 1 saturated heterocycles. The zero-order chi connectivity index (χ0) is 24.5. The molecule has 4 aliphatic carbocycles. The average molecular weight is 477 g/mol. The van der Waals surface area contributed by atoms with Gasteiger partial charge in [0.15, 0.2) is 20.0 Å². The van der Waals surface area contributed by atoms with Gasteiger partial charge in [0, 0.05) is 18.3 Å². The highest BCUT2D eigenvalue weighted by atomic mass is 28.4. The number of aliphatic hydroxyl groups excluding tert-OH is 1. The Morgan fingerprint density at radius 1 is 1.21 bits per heavy atom. The second-order valence-corrected chi connectivity index (χ2v) is 19.0. The summed E-state index contributed by atoms with van der Waals surface area (Å²) in [5.41, 5.74) is -0.120. The molecule has 2 bridgehead atoms. The molecule has 186 valence electrons. The van der Waals surface area contributed by atoms with Crippen LogP contribution in [0.25, 0.3) is 0 Å². The molecule has 4 unspecified atom stereocenters. The van der Waals surface area contributed by atoms with E-state index in [1.54, 1.807) is 0 Å². The van der Waals surface area contributed by atoms with E-state index in [-0.39, 0.29) is 34.3 Å². The Kier molecular flexibility index (Phi) is 4.82. The summed E-state index contributed by atoms with van der Waals surface area (Å²) in [4.78, 5) is 12.7. The van der Waals surface area contributed by atoms with Crippen molar-refractivity contribution in [2.24, 2.45) is 40.4 Å². The van der Waals surface area contributed by atoms with Crippen LogP contribution in [0, 0.1) is 40.4 Å². The number of rotatable bonds is 2. The second-order valence-electron chi connectivity index (χ2n) is 14.2. The third-order valence-corrected chi connectivity index (χ3v) is 15.6. The van der Waals surface area contributed by atoms with Crippen LogP contribution in [0.15, 0.2) is 11.6 Å². The van der Waals surface area contributed by atoms with E-state index in [9.17, 15) is 9.90 Å². The molecule has 0 aromatic carbocycles. The van der Waals surface area contributed by atoms with Gasteiger partial charge in [0.2, 0.25) is 0 Å². The molecule has 6 heteroatoms. The van der Waals surface area contributed by atoms with Gasteiger partial charge < -0.3 is 19.0 Å². The maximum Gasteiger partial charge on any atom is 0.509 e. The summed E-state index contributed by atoms with van der Waals surface area (Å²) >= 11 is 0. The molecule has 33 heavy (non-hydrogen) atoms. The van der Waals surface area contributed by atoms with Gasteiger partial charge in [0.25, 0.3) is 0 Å². The van der Waals surface area contributed by atoms with Crippen molar-refractivity contribution in [3.8, 4) is 0 Å². The smallest absolute Gasteiger partial charge is 0.426 e. The first-order valence-electron chi connectivity index (χ1n) is 12.9. The Balaban J connectivity index is 1.72. The van der Waals surface area contributed by atoms with Crippen LogP contribution in [0.3, 0.4) is 0 Å². The number of fused-ring (bicyclic) bond motifs is 3. The van der Waals surface area contributed by atoms with Crippen LogP contribution in [-0.2, 0) is 13.9 Å². The number of carbonyl (C=O) groups is 1. The molecule has 0 aromatic heterocycles. The van der Waals surface area contributed by atoms with Gasteiger partial charge in [-0.25, -0.2) is 4.79 Å². The fraction of sp³-hybridized carbons (Fsp3) is 0.889. The molecule has 5 aliphatic rings. The summed E-state index contributed by atoms with van der Waals surface area (Å²) in [7, 11) is -2.16. The maximum atomic E-state index is 12.7. The SMILES string of the molecule is CC1=C[C@]23C(O)[C@@H](C(O[Si](C)(C)C(C)(C)C)[C@H](C)C4OC(=O)O[C@]42C1)C1[C@@H](C[C@H]3C)C1(C)C. The summed E-state index contributed by atoms with van der Waals surface area (Å²) in [5.74, 6) is 1.05. The molecule has 0 aromatic rings. The highest BCUT2D eigenvalue weighted by molar-refractivity contribution is 6.74. The summed E-state index contributed by atoms with van der Waals surface area (Å²) in [6.45, 7) is 22.6. The lowest BCUT2D eigenvalue weighted by Crippen LogP contribution is -2.60. The highest BCUT2D eigenvalue weighted by Gasteiger charge is 2.80. The maximum absolute atomic E-state index is 12.7. The molecular formula is C27H44O5Si. The van der Waals surface area contributed by atoms with Crippen molar-refractivity contribution in [3.05, 3.63) is 11.6 Å². The lowest BCUT2D eigenvalue weighted by atomic mass is 9.59. The van der Waals surface area contributed by atoms with Gasteiger partial charge in [0.1, 0.15) is 0 Å². The van der Waals surface area contributed by atoms with Gasteiger partial charge in [-0.2, -0.15) is 0 Å². The Labute approximate surface area is 200 Å². The van der Waals surface area contributed by atoms with E-state index in [2.05, 4.69) is 74.6 Å². The molecule has 0 amide bonds. The number of carbonyl (C=O) groups excluding carboxylic acids is 1. The van der Waals surface area contributed by atoms with Crippen LogP contribution < -0.4 is 0 Å². The van der Waals surface area contributed by atoms with Crippen molar-refractivity contribution in [1.82, 2.24) is 0 Å².